The lowest BCUT2D eigenvalue weighted by atomic mass is 10.0. The fourth-order valence-electron chi connectivity index (χ4n) is 2.57. The molecule has 0 saturated heterocycles. The predicted octanol–water partition coefficient (Wildman–Crippen LogP) is 3.32. The zero-order chi connectivity index (χ0) is 18.9. The van der Waals surface area contributed by atoms with Crippen LogP contribution in [0.2, 0.25) is 0 Å². The van der Waals surface area contributed by atoms with E-state index in [1.807, 2.05) is 36.5 Å². The van der Waals surface area contributed by atoms with Gasteiger partial charge in [-0.15, -0.1) is 11.3 Å². The Labute approximate surface area is 157 Å². The molecule has 140 valence electrons. The topological polar surface area (TPSA) is 82.5 Å². The standard InChI is InChI=1S/C19H25N3O3S/c1-3-16-12-20-17(26-16)13-22(2)19(25)21-15(9-10-18(23)24)11-14-7-5-4-6-8-14/h4-8,12,15H,3,9-11,13H2,1-2H3,(H,21,25)(H,23,24). The molecule has 2 N–H and O–H groups in total. The summed E-state index contributed by atoms with van der Waals surface area (Å²) in [7, 11) is 1.72. The first-order chi connectivity index (χ1) is 12.5. The number of carboxylic acid groups (broad SMARTS) is 1. The quantitative estimate of drug-likeness (QED) is 0.704. The van der Waals surface area contributed by atoms with E-state index < -0.39 is 5.97 Å². The molecule has 6 nitrogen and oxygen atoms in total. The second kappa shape index (κ2) is 9.91. The first-order valence-corrected chi connectivity index (χ1v) is 9.50. The van der Waals surface area contributed by atoms with Crippen molar-refractivity contribution >= 4 is 23.3 Å². The third kappa shape index (κ3) is 6.48. The number of hydrogen-bond acceptors (Lipinski definition) is 4. The Kier molecular flexibility index (Phi) is 7.59. The van der Waals surface area contributed by atoms with Gasteiger partial charge in [0.05, 0.1) is 6.54 Å². The van der Waals surface area contributed by atoms with Gasteiger partial charge in [0.15, 0.2) is 0 Å². The number of aryl methyl sites for hydroxylation is 1. The van der Waals surface area contributed by atoms with E-state index in [4.69, 9.17) is 5.11 Å². The van der Waals surface area contributed by atoms with Crippen LogP contribution in [0.3, 0.4) is 0 Å². The van der Waals surface area contributed by atoms with Crippen molar-refractivity contribution in [1.29, 1.82) is 0 Å². The zero-order valence-electron chi connectivity index (χ0n) is 15.1. The SMILES string of the molecule is CCc1cnc(CN(C)C(=O)NC(CCC(=O)O)Cc2ccccc2)s1. The number of benzene rings is 1. The zero-order valence-corrected chi connectivity index (χ0v) is 16.0. The van der Waals surface area contributed by atoms with Crippen molar-refractivity contribution in [3.63, 3.8) is 0 Å². The van der Waals surface area contributed by atoms with Crippen molar-refractivity contribution in [2.45, 2.75) is 45.2 Å². The maximum absolute atomic E-state index is 12.5. The molecule has 2 aromatic rings. The number of nitrogens with one attached hydrogen (secondary N) is 1. The van der Waals surface area contributed by atoms with Crippen LogP contribution in [0.15, 0.2) is 36.5 Å². The molecule has 1 aromatic heterocycles. The van der Waals surface area contributed by atoms with Crippen LogP contribution < -0.4 is 5.32 Å². The van der Waals surface area contributed by atoms with E-state index >= 15 is 0 Å². The molecule has 2 rings (SSSR count). The van der Waals surface area contributed by atoms with Gasteiger partial charge < -0.3 is 15.3 Å². The normalized spacial score (nSPS) is 11.8. The van der Waals surface area contributed by atoms with Crippen LogP contribution in [0.1, 0.15) is 35.2 Å². The lowest BCUT2D eigenvalue weighted by molar-refractivity contribution is -0.137. The first-order valence-electron chi connectivity index (χ1n) is 8.68. The Hall–Kier alpha value is -2.41. The fourth-order valence-corrected chi connectivity index (χ4v) is 3.48. The summed E-state index contributed by atoms with van der Waals surface area (Å²) in [6.45, 7) is 2.51. The number of amides is 2. The number of hydrogen-bond donors (Lipinski definition) is 2. The Morgan fingerprint density at radius 2 is 2.04 bits per heavy atom. The van der Waals surface area contributed by atoms with Gasteiger partial charge in [-0.1, -0.05) is 37.3 Å². The smallest absolute Gasteiger partial charge is 0.317 e. The number of thiazole rings is 1. The number of urea groups is 1. The highest BCUT2D eigenvalue weighted by atomic mass is 32.1. The van der Waals surface area contributed by atoms with Crippen molar-refractivity contribution in [3.05, 3.63) is 52.0 Å². The van der Waals surface area contributed by atoms with Crippen LogP contribution in [0.5, 0.6) is 0 Å². The van der Waals surface area contributed by atoms with Gasteiger partial charge in [-0.25, -0.2) is 9.78 Å². The van der Waals surface area contributed by atoms with E-state index in [1.54, 1.807) is 23.3 Å². The Bertz CT molecular complexity index is 718. The minimum absolute atomic E-state index is 0.0217. The number of carboxylic acids is 1. The summed E-state index contributed by atoms with van der Waals surface area (Å²) in [6, 6.07) is 9.31. The average molecular weight is 375 g/mol. The number of aliphatic carboxylic acids is 1. The Morgan fingerprint density at radius 3 is 2.65 bits per heavy atom. The number of aromatic nitrogens is 1. The van der Waals surface area contributed by atoms with E-state index in [-0.39, 0.29) is 18.5 Å². The maximum atomic E-state index is 12.5. The van der Waals surface area contributed by atoms with E-state index in [0.29, 0.717) is 19.4 Å². The molecular formula is C19H25N3O3S. The number of carbonyl (C=O) groups excluding carboxylic acids is 1. The van der Waals surface area contributed by atoms with Crippen molar-refractivity contribution in [1.82, 2.24) is 15.2 Å². The van der Waals surface area contributed by atoms with E-state index in [2.05, 4.69) is 17.2 Å². The van der Waals surface area contributed by atoms with Crippen molar-refractivity contribution in [2.75, 3.05) is 7.05 Å². The molecule has 2 amide bonds. The highest BCUT2D eigenvalue weighted by Gasteiger charge is 2.18. The van der Waals surface area contributed by atoms with Crippen LogP contribution in [0.25, 0.3) is 0 Å². The van der Waals surface area contributed by atoms with Crippen molar-refractivity contribution in [2.24, 2.45) is 0 Å². The van der Waals surface area contributed by atoms with Gasteiger partial charge in [-0.3, -0.25) is 4.79 Å². The highest BCUT2D eigenvalue weighted by molar-refractivity contribution is 7.11. The molecule has 1 heterocycles. The summed E-state index contributed by atoms with van der Waals surface area (Å²) in [5.41, 5.74) is 1.07. The average Bonchev–Trinajstić information content (AvgIpc) is 3.08. The minimum Gasteiger partial charge on any atom is -0.481 e. The van der Waals surface area contributed by atoms with Crippen LogP contribution in [0, 0.1) is 0 Å². The molecule has 0 fully saturated rings. The summed E-state index contributed by atoms with van der Waals surface area (Å²) in [6.07, 6.45) is 3.79. The molecule has 7 heteroatoms. The van der Waals surface area contributed by atoms with Gasteiger partial charge in [0.1, 0.15) is 5.01 Å². The van der Waals surface area contributed by atoms with Crippen molar-refractivity contribution < 1.29 is 14.7 Å². The van der Waals surface area contributed by atoms with Gasteiger partial charge in [0, 0.05) is 30.6 Å². The van der Waals surface area contributed by atoms with E-state index in [9.17, 15) is 9.59 Å². The second-order valence-electron chi connectivity index (χ2n) is 6.20. The first kappa shape index (κ1) is 19.9. The molecule has 0 spiro atoms. The summed E-state index contributed by atoms with van der Waals surface area (Å²) < 4.78 is 0. The summed E-state index contributed by atoms with van der Waals surface area (Å²) in [5.74, 6) is -0.861. The van der Waals surface area contributed by atoms with Gasteiger partial charge >= 0.3 is 12.0 Å². The van der Waals surface area contributed by atoms with Crippen LogP contribution in [0.4, 0.5) is 4.79 Å². The molecule has 0 bridgehead atoms. The molecular weight excluding hydrogens is 350 g/mol. The summed E-state index contributed by atoms with van der Waals surface area (Å²) in [4.78, 5) is 30.5. The van der Waals surface area contributed by atoms with Gasteiger partial charge in [-0.2, -0.15) is 0 Å². The molecule has 0 aliphatic carbocycles. The number of carbonyl (C=O) groups is 2. The van der Waals surface area contributed by atoms with Crippen molar-refractivity contribution in [3.8, 4) is 0 Å². The number of rotatable bonds is 9. The molecule has 1 atom stereocenters. The molecule has 26 heavy (non-hydrogen) atoms. The van der Waals surface area contributed by atoms with E-state index in [0.717, 1.165) is 17.0 Å². The Balaban J connectivity index is 1.95. The lowest BCUT2D eigenvalue weighted by Crippen LogP contribution is -2.44. The molecule has 1 aromatic carbocycles. The van der Waals surface area contributed by atoms with Gasteiger partial charge in [0.2, 0.25) is 0 Å². The fraction of sp³-hybridized carbons (Fsp3) is 0.421. The molecule has 1 unspecified atom stereocenters. The highest BCUT2D eigenvalue weighted by Crippen LogP contribution is 2.15. The molecule has 0 aliphatic heterocycles. The third-order valence-corrected chi connectivity index (χ3v) is 5.15. The summed E-state index contributed by atoms with van der Waals surface area (Å²) in [5, 5.41) is 12.8. The molecule has 0 saturated carbocycles. The molecule has 0 radical (unpaired) electrons. The lowest BCUT2D eigenvalue weighted by Gasteiger charge is -2.23. The van der Waals surface area contributed by atoms with Crippen LogP contribution >= 0.6 is 11.3 Å². The Morgan fingerprint density at radius 1 is 1.31 bits per heavy atom. The third-order valence-electron chi connectivity index (χ3n) is 4.03. The second-order valence-corrected chi connectivity index (χ2v) is 7.40. The monoisotopic (exact) mass is 375 g/mol. The maximum Gasteiger partial charge on any atom is 0.317 e. The van der Waals surface area contributed by atoms with Crippen LogP contribution in [-0.2, 0) is 24.2 Å². The number of nitrogens with zero attached hydrogens (tertiary/aromatic N) is 2. The van der Waals surface area contributed by atoms with E-state index in [1.165, 1.54) is 4.88 Å². The minimum atomic E-state index is -0.861. The van der Waals surface area contributed by atoms with Gasteiger partial charge in [0.25, 0.3) is 0 Å². The van der Waals surface area contributed by atoms with Gasteiger partial charge in [-0.05, 0) is 24.8 Å². The van der Waals surface area contributed by atoms with Crippen LogP contribution in [-0.4, -0.2) is 40.1 Å². The predicted molar refractivity (Wildman–Crippen MR) is 102 cm³/mol. The summed E-state index contributed by atoms with van der Waals surface area (Å²) >= 11 is 1.60. The molecule has 0 aliphatic rings. The largest absolute Gasteiger partial charge is 0.481 e.